The summed E-state index contributed by atoms with van der Waals surface area (Å²) in [5, 5.41) is 2.63. The lowest BCUT2D eigenvalue weighted by Crippen LogP contribution is -1.98. The molecule has 4 nitrogen and oxygen atoms in total. The van der Waals surface area contributed by atoms with Crippen molar-refractivity contribution in [3.63, 3.8) is 0 Å². The fraction of sp³-hybridized carbons (Fsp3) is 0.188. The Morgan fingerprint density at radius 2 is 1.25 bits per heavy atom. The third kappa shape index (κ3) is 1.23. The van der Waals surface area contributed by atoms with Gasteiger partial charge in [0.2, 0.25) is 0 Å². The van der Waals surface area contributed by atoms with Gasteiger partial charge < -0.3 is 13.3 Å². The monoisotopic (exact) mass is 268 g/mol. The van der Waals surface area contributed by atoms with E-state index >= 15 is 0 Å². The van der Waals surface area contributed by atoms with Crippen LogP contribution in [0.25, 0.3) is 32.9 Å². The largest absolute Gasteiger partial charge is 0.463 e. The number of hydrogen-bond acceptors (Lipinski definition) is 4. The van der Waals surface area contributed by atoms with E-state index in [-0.39, 0.29) is 5.63 Å². The Morgan fingerprint density at radius 3 is 1.85 bits per heavy atom. The van der Waals surface area contributed by atoms with Crippen molar-refractivity contribution in [2.45, 2.75) is 20.8 Å². The van der Waals surface area contributed by atoms with Crippen molar-refractivity contribution >= 4 is 32.9 Å². The smallest absolute Gasteiger partial charge is 0.336 e. The number of rotatable bonds is 0. The Morgan fingerprint density at radius 1 is 0.750 bits per heavy atom. The Hall–Kier alpha value is -2.49. The van der Waals surface area contributed by atoms with E-state index in [0.717, 1.165) is 32.8 Å². The molecule has 3 heterocycles. The third-order valence-electron chi connectivity index (χ3n) is 3.79. The van der Waals surface area contributed by atoms with Gasteiger partial charge >= 0.3 is 5.63 Å². The topological polar surface area (TPSA) is 56.5 Å². The van der Waals surface area contributed by atoms with Crippen LogP contribution in [0.15, 0.2) is 36.6 Å². The molecule has 4 rings (SSSR count). The van der Waals surface area contributed by atoms with Crippen molar-refractivity contribution in [3.05, 3.63) is 45.7 Å². The van der Waals surface area contributed by atoms with Crippen molar-refractivity contribution < 1.29 is 13.3 Å². The lowest BCUT2D eigenvalue weighted by atomic mass is 10.0. The maximum absolute atomic E-state index is 11.7. The third-order valence-corrected chi connectivity index (χ3v) is 3.79. The predicted molar refractivity (Wildman–Crippen MR) is 76.2 cm³/mol. The molecule has 0 aliphatic rings. The van der Waals surface area contributed by atoms with Gasteiger partial charge in [-0.1, -0.05) is 0 Å². The van der Waals surface area contributed by atoms with Crippen LogP contribution in [-0.4, -0.2) is 0 Å². The van der Waals surface area contributed by atoms with E-state index < -0.39 is 0 Å². The molecule has 0 aliphatic carbocycles. The van der Waals surface area contributed by atoms with Crippen LogP contribution < -0.4 is 5.63 Å². The molecule has 0 atom stereocenters. The molecule has 4 heteroatoms. The van der Waals surface area contributed by atoms with E-state index in [2.05, 4.69) is 0 Å². The van der Waals surface area contributed by atoms with Gasteiger partial charge in [0.15, 0.2) is 5.58 Å². The highest BCUT2D eigenvalue weighted by Crippen LogP contribution is 2.40. The molecule has 20 heavy (non-hydrogen) atoms. The minimum atomic E-state index is -0.362. The first-order valence-corrected chi connectivity index (χ1v) is 6.40. The number of fused-ring (bicyclic) bond motifs is 6. The molecule has 0 unspecified atom stereocenters. The van der Waals surface area contributed by atoms with Gasteiger partial charge in [0, 0.05) is 6.07 Å². The molecule has 0 bridgehead atoms. The average molecular weight is 268 g/mol. The van der Waals surface area contributed by atoms with E-state index in [1.165, 1.54) is 6.07 Å². The minimum Gasteiger partial charge on any atom is -0.463 e. The molecule has 3 aromatic heterocycles. The zero-order chi connectivity index (χ0) is 14.0. The Labute approximate surface area is 113 Å². The first kappa shape index (κ1) is 11.3. The molecule has 0 saturated carbocycles. The summed E-state index contributed by atoms with van der Waals surface area (Å²) in [6.45, 7) is 5.80. The highest BCUT2D eigenvalue weighted by Gasteiger charge is 2.21. The zero-order valence-electron chi connectivity index (χ0n) is 11.4. The molecule has 100 valence electrons. The summed E-state index contributed by atoms with van der Waals surface area (Å²) >= 11 is 0. The second-order valence-electron chi connectivity index (χ2n) is 5.20. The first-order chi connectivity index (χ1) is 9.58. The van der Waals surface area contributed by atoms with Crippen molar-refractivity contribution in [1.82, 2.24) is 0 Å². The van der Waals surface area contributed by atoms with Gasteiger partial charge in [-0.2, -0.15) is 0 Å². The van der Waals surface area contributed by atoms with Gasteiger partial charge in [0.05, 0.1) is 28.7 Å². The molecule has 0 aliphatic heterocycles. The number of furan rings is 2. The van der Waals surface area contributed by atoms with E-state index in [4.69, 9.17) is 13.3 Å². The second kappa shape index (κ2) is 3.54. The van der Waals surface area contributed by atoms with Gasteiger partial charge in [-0.25, -0.2) is 4.79 Å². The Kier molecular flexibility index (Phi) is 2.01. The molecular formula is C16H12O4. The van der Waals surface area contributed by atoms with Gasteiger partial charge in [-0.3, -0.25) is 0 Å². The maximum Gasteiger partial charge on any atom is 0.336 e. The number of aryl methyl sites for hydroxylation is 3. The van der Waals surface area contributed by atoms with Crippen LogP contribution in [0.3, 0.4) is 0 Å². The average Bonchev–Trinajstić information content (AvgIpc) is 2.93. The molecule has 4 aromatic rings. The summed E-state index contributed by atoms with van der Waals surface area (Å²) < 4.78 is 16.8. The van der Waals surface area contributed by atoms with Crippen LogP contribution in [-0.2, 0) is 0 Å². The molecule has 0 spiro atoms. The fourth-order valence-electron chi connectivity index (χ4n) is 2.89. The van der Waals surface area contributed by atoms with E-state index in [9.17, 15) is 4.79 Å². The Balaban J connectivity index is 2.52. The fourth-order valence-corrected chi connectivity index (χ4v) is 2.89. The second-order valence-corrected chi connectivity index (χ2v) is 5.20. The van der Waals surface area contributed by atoms with E-state index in [1.807, 2.05) is 20.8 Å². The van der Waals surface area contributed by atoms with Crippen molar-refractivity contribution in [2.24, 2.45) is 0 Å². The summed E-state index contributed by atoms with van der Waals surface area (Å²) in [5.74, 6) is 0. The van der Waals surface area contributed by atoms with E-state index in [1.54, 1.807) is 12.5 Å². The Bertz CT molecular complexity index is 1040. The minimum absolute atomic E-state index is 0.362. The van der Waals surface area contributed by atoms with Crippen LogP contribution in [0.4, 0.5) is 0 Å². The summed E-state index contributed by atoms with van der Waals surface area (Å²) in [6.07, 6.45) is 3.38. The lowest BCUT2D eigenvalue weighted by molar-refractivity contribution is 0.560. The SMILES string of the molecule is Cc1coc2c1c1occ(C)c1c1oc(=O)cc(C)c21. The van der Waals surface area contributed by atoms with Crippen molar-refractivity contribution in [2.75, 3.05) is 0 Å². The number of hydrogen-bond donors (Lipinski definition) is 0. The van der Waals surface area contributed by atoms with Crippen molar-refractivity contribution in [3.8, 4) is 0 Å². The lowest BCUT2D eigenvalue weighted by Gasteiger charge is -2.04. The van der Waals surface area contributed by atoms with Gasteiger partial charge in [-0.05, 0) is 37.5 Å². The van der Waals surface area contributed by atoms with Crippen LogP contribution in [0.1, 0.15) is 16.7 Å². The summed E-state index contributed by atoms with van der Waals surface area (Å²) in [5.41, 5.74) is 4.40. The molecule has 0 saturated heterocycles. The summed E-state index contributed by atoms with van der Waals surface area (Å²) in [6, 6.07) is 1.49. The predicted octanol–water partition coefficient (Wildman–Crippen LogP) is 4.21. The quantitative estimate of drug-likeness (QED) is 0.448. The zero-order valence-corrected chi connectivity index (χ0v) is 11.4. The highest BCUT2D eigenvalue weighted by atomic mass is 16.4. The van der Waals surface area contributed by atoms with Crippen LogP contribution in [0.2, 0.25) is 0 Å². The normalized spacial score (nSPS) is 11.9. The summed E-state index contributed by atoms with van der Waals surface area (Å²) in [7, 11) is 0. The molecule has 0 amide bonds. The van der Waals surface area contributed by atoms with Crippen molar-refractivity contribution in [1.29, 1.82) is 0 Å². The van der Waals surface area contributed by atoms with Crippen LogP contribution in [0, 0.1) is 20.8 Å². The van der Waals surface area contributed by atoms with Gasteiger partial charge in [-0.15, -0.1) is 0 Å². The standard InChI is InChI=1S/C16H12O4/c1-7-4-10(17)20-16-11(7)14-12(8(2)5-18-14)15-13(16)9(3)6-19-15/h4-6H,1-3H3. The molecule has 0 fully saturated rings. The first-order valence-electron chi connectivity index (χ1n) is 6.40. The molecule has 1 aromatic carbocycles. The molecule has 0 radical (unpaired) electrons. The summed E-state index contributed by atoms with van der Waals surface area (Å²) in [4.78, 5) is 11.7. The van der Waals surface area contributed by atoms with Crippen LogP contribution in [0.5, 0.6) is 0 Å². The van der Waals surface area contributed by atoms with Crippen LogP contribution >= 0.6 is 0 Å². The molecular weight excluding hydrogens is 256 g/mol. The number of benzene rings is 1. The van der Waals surface area contributed by atoms with Gasteiger partial charge in [0.25, 0.3) is 0 Å². The highest BCUT2D eigenvalue weighted by molar-refractivity contribution is 6.22. The molecule has 0 N–H and O–H groups in total. The van der Waals surface area contributed by atoms with E-state index in [0.29, 0.717) is 16.7 Å². The maximum atomic E-state index is 11.7. The van der Waals surface area contributed by atoms with Gasteiger partial charge in [0.1, 0.15) is 11.2 Å².